The van der Waals surface area contributed by atoms with E-state index >= 15 is 0 Å². The summed E-state index contributed by atoms with van der Waals surface area (Å²) in [5, 5.41) is 3.68. The highest BCUT2D eigenvalue weighted by molar-refractivity contribution is 6.55. The van der Waals surface area contributed by atoms with E-state index in [9.17, 15) is 22.8 Å². The van der Waals surface area contributed by atoms with E-state index in [0.29, 0.717) is 23.0 Å². The van der Waals surface area contributed by atoms with Gasteiger partial charge in [0.25, 0.3) is 5.91 Å². The summed E-state index contributed by atoms with van der Waals surface area (Å²) in [5.41, 5.74) is 0.180. The predicted molar refractivity (Wildman–Crippen MR) is 103 cm³/mol. The van der Waals surface area contributed by atoms with Gasteiger partial charge >= 0.3 is 12.1 Å². The molecule has 1 aliphatic rings. The molecular formula is C22H13F3N2O3. The summed E-state index contributed by atoms with van der Waals surface area (Å²) < 4.78 is 38.6. The normalized spacial score (nSPS) is 14.7. The summed E-state index contributed by atoms with van der Waals surface area (Å²) in [4.78, 5) is 31.4. The highest BCUT2D eigenvalue weighted by Crippen LogP contribution is 2.35. The van der Waals surface area contributed by atoms with Crippen molar-refractivity contribution >= 4 is 29.0 Å². The summed E-state index contributed by atoms with van der Waals surface area (Å²) >= 11 is 0. The second-order valence-corrected chi connectivity index (χ2v) is 6.39. The second-order valence-electron chi connectivity index (χ2n) is 6.39. The van der Waals surface area contributed by atoms with Gasteiger partial charge in [0.05, 0.1) is 16.8 Å². The number of alkyl halides is 3. The highest BCUT2D eigenvalue weighted by atomic mass is 19.4. The number of anilines is 2. The minimum absolute atomic E-state index is 0.116. The molecule has 8 heteroatoms. The zero-order chi connectivity index (χ0) is 21.3. The largest absolute Gasteiger partial charge is 0.416 e. The van der Waals surface area contributed by atoms with Gasteiger partial charge in [0.2, 0.25) is 0 Å². The summed E-state index contributed by atoms with van der Waals surface area (Å²) in [6, 6.07) is 19.4. The van der Waals surface area contributed by atoms with Crippen LogP contribution in [0.2, 0.25) is 0 Å². The zero-order valence-electron chi connectivity index (χ0n) is 15.3. The molecule has 3 aromatic carbocycles. The van der Waals surface area contributed by atoms with Gasteiger partial charge in [-0.25, -0.2) is 4.79 Å². The first kappa shape index (κ1) is 19.4. The number of halogens is 3. The standard InChI is InChI=1S/C22H13F3N2O3/c23-22(24,25)15-8-6-7-14(13-15)21(29)30-26-19-17-11-4-5-12-18(17)27(20(19)28)16-9-2-1-3-10-16/h1-13H/b26-19-. The fourth-order valence-electron chi connectivity index (χ4n) is 3.08. The summed E-state index contributed by atoms with van der Waals surface area (Å²) in [6.45, 7) is 0. The van der Waals surface area contributed by atoms with Gasteiger partial charge in [-0.2, -0.15) is 13.2 Å². The molecule has 0 radical (unpaired) electrons. The van der Waals surface area contributed by atoms with Crippen LogP contribution in [0.4, 0.5) is 24.5 Å². The SMILES string of the molecule is O=C(O/N=C1\C(=O)N(c2ccccc2)c2ccccc21)c1cccc(C(F)(F)F)c1. The van der Waals surface area contributed by atoms with Crippen LogP contribution in [-0.2, 0) is 15.8 Å². The van der Waals surface area contributed by atoms with Crippen molar-refractivity contribution in [3.05, 3.63) is 95.6 Å². The topological polar surface area (TPSA) is 59.0 Å². The third-order valence-corrected chi connectivity index (χ3v) is 4.47. The van der Waals surface area contributed by atoms with Gasteiger partial charge in [-0.1, -0.05) is 47.6 Å². The minimum atomic E-state index is -4.60. The van der Waals surface area contributed by atoms with Crippen LogP contribution in [0, 0.1) is 0 Å². The molecule has 0 spiro atoms. The van der Waals surface area contributed by atoms with Crippen molar-refractivity contribution < 1.29 is 27.6 Å². The molecule has 0 unspecified atom stereocenters. The van der Waals surface area contributed by atoms with E-state index in [2.05, 4.69) is 5.16 Å². The van der Waals surface area contributed by atoms with Gasteiger partial charge in [-0.05, 0) is 36.4 Å². The van der Waals surface area contributed by atoms with Gasteiger partial charge in [0, 0.05) is 11.3 Å². The molecule has 4 rings (SSSR count). The van der Waals surface area contributed by atoms with Crippen LogP contribution in [0.3, 0.4) is 0 Å². The Balaban J connectivity index is 1.64. The number of amides is 1. The number of carbonyl (C=O) groups excluding carboxylic acids is 2. The Hall–Kier alpha value is -3.94. The monoisotopic (exact) mass is 410 g/mol. The van der Waals surface area contributed by atoms with Crippen LogP contribution in [0.1, 0.15) is 21.5 Å². The number of rotatable bonds is 3. The Morgan fingerprint density at radius 3 is 2.33 bits per heavy atom. The number of nitrogens with zero attached hydrogens (tertiary/aromatic N) is 2. The van der Waals surface area contributed by atoms with E-state index in [-0.39, 0.29) is 11.3 Å². The summed E-state index contributed by atoms with van der Waals surface area (Å²) in [6.07, 6.45) is -4.60. The van der Waals surface area contributed by atoms with Crippen molar-refractivity contribution in [1.29, 1.82) is 0 Å². The third kappa shape index (κ3) is 3.55. The van der Waals surface area contributed by atoms with E-state index in [4.69, 9.17) is 4.84 Å². The maximum Gasteiger partial charge on any atom is 0.416 e. The lowest BCUT2D eigenvalue weighted by Gasteiger charge is -2.16. The maximum atomic E-state index is 13.0. The molecule has 0 N–H and O–H groups in total. The van der Waals surface area contributed by atoms with Gasteiger partial charge in [-0.15, -0.1) is 0 Å². The molecule has 1 heterocycles. The van der Waals surface area contributed by atoms with Crippen LogP contribution >= 0.6 is 0 Å². The smallest absolute Gasteiger partial charge is 0.312 e. The first-order chi connectivity index (χ1) is 14.4. The number of carbonyl (C=O) groups is 2. The molecule has 150 valence electrons. The van der Waals surface area contributed by atoms with Crippen molar-refractivity contribution in [2.45, 2.75) is 6.18 Å². The molecule has 0 saturated heterocycles. The molecule has 1 aliphatic heterocycles. The van der Waals surface area contributed by atoms with Crippen LogP contribution in [0.15, 0.2) is 84.0 Å². The van der Waals surface area contributed by atoms with Crippen LogP contribution in [-0.4, -0.2) is 17.6 Å². The van der Waals surface area contributed by atoms with Gasteiger partial charge in [0.15, 0.2) is 5.71 Å². The first-order valence-corrected chi connectivity index (χ1v) is 8.82. The molecule has 0 bridgehead atoms. The zero-order valence-corrected chi connectivity index (χ0v) is 15.3. The third-order valence-electron chi connectivity index (χ3n) is 4.47. The molecular weight excluding hydrogens is 397 g/mol. The molecule has 0 atom stereocenters. The van der Waals surface area contributed by atoms with E-state index < -0.39 is 23.6 Å². The number of hydrogen-bond donors (Lipinski definition) is 0. The van der Waals surface area contributed by atoms with Crippen molar-refractivity contribution in [2.24, 2.45) is 5.16 Å². The second kappa shape index (κ2) is 7.47. The summed E-state index contributed by atoms with van der Waals surface area (Å²) in [7, 11) is 0. The maximum absolute atomic E-state index is 13.0. The molecule has 0 aromatic heterocycles. The van der Waals surface area contributed by atoms with E-state index in [1.807, 2.05) is 6.07 Å². The molecule has 30 heavy (non-hydrogen) atoms. The lowest BCUT2D eigenvalue weighted by Crippen LogP contribution is -2.25. The molecule has 0 saturated carbocycles. The fraction of sp³-hybridized carbons (Fsp3) is 0.0455. The van der Waals surface area contributed by atoms with Crippen LogP contribution in [0.25, 0.3) is 0 Å². The Morgan fingerprint density at radius 2 is 1.60 bits per heavy atom. The molecule has 0 aliphatic carbocycles. The molecule has 3 aromatic rings. The fourth-order valence-corrected chi connectivity index (χ4v) is 3.08. The number of oxime groups is 1. The quantitative estimate of drug-likeness (QED) is 0.454. The van der Waals surface area contributed by atoms with Crippen LogP contribution < -0.4 is 4.90 Å². The molecule has 0 fully saturated rings. The Morgan fingerprint density at radius 1 is 0.900 bits per heavy atom. The lowest BCUT2D eigenvalue weighted by molar-refractivity contribution is -0.137. The Labute approximate surface area is 169 Å². The summed E-state index contributed by atoms with van der Waals surface area (Å²) in [5.74, 6) is -1.61. The lowest BCUT2D eigenvalue weighted by atomic mass is 10.1. The van der Waals surface area contributed by atoms with Gasteiger partial charge < -0.3 is 4.84 Å². The number of para-hydroxylation sites is 2. The number of benzene rings is 3. The van der Waals surface area contributed by atoms with Crippen molar-refractivity contribution in [3.63, 3.8) is 0 Å². The number of hydrogen-bond acceptors (Lipinski definition) is 4. The van der Waals surface area contributed by atoms with Crippen molar-refractivity contribution in [2.75, 3.05) is 4.90 Å². The van der Waals surface area contributed by atoms with E-state index in [1.165, 1.54) is 11.0 Å². The van der Waals surface area contributed by atoms with Gasteiger partial charge in [-0.3, -0.25) is 9.69 Å². The average molecular weight is 410 g/mol. The first-order valence-electron chi connectivity index (χ1n) is 8.82. The van der Waals surface area contributed by atoms with Crippen LogP contribution in [0.5, 0.6) is 0 Å². The minimum Gasteiger partial charge on any atom is -0.312 e. The molecule has 1 amide bonds. The van der Waals surface area contributed by atoms with Gasteiger partial charge in [0.1, 0.15) is 0 Å². The van der Waals surface area contributed by atoms with Crippen molar-refractivity contribution in [1.82, 2.24) is 0 Å². The van der Waals surface area contributed by atoms with Crippen molar-refractivity contribution in [3.8, 4) is 0 Å². The predicted octanol–water partition coefficient (Wildman–Crippen LogP) is 4.94. The molecule has 5 nitrogen and oxygen atoms in total. The Kier molecular flexibility index (Phi) is 4.83. The van der Waals surface area contributed by atoms with E-state index in [1.54, 1.807) is 48.5 Å². The van der Waals surface area contributed by atoms with E-state index in [0.717, 1.165) is 12.1 Å². The number of fused-ring (bicyclic) bond motifs is 1. The Bertz CT molecular complexity index is 1160. The average Bonchev–Trinajstić information content (AvgIpc) is 3.03. The highest BCUT2D eigenvalue weighted by Gasteiger charge is 2.36.